The van der Waals surface area contributed by atoms with Crippen LogP contribution < -0.4 is 5.32 Å². The Morgan fingerprint density at radius 3 is 2.46 bits per heavy atom. The normalized spacial score (nSPS) is 15.4. The molecule has 1 aliphatic carbocycles. The van der Waals surface area contributed by atoms with E-state index < -0.39 is 0 Å². The van der Waals surface area contributed by atoms with Gasteiger partial charge in [-0.05, 0) is 73.1 Å². The Hall–Kier alpha value is -2.92. The highest BCUT2D eigenvalue weighted by Crippen LogP contribution is 2.44. The van der Waals surface area contributed by atoms with E-state index in [2.05, 4.69) is 38.2 Å². The van der Waals surface area contributed by atoms with Crippen molar-refractivity contribution in [2.24, 2.45) is 11.3 Å². The van der Waals surface area contributed by atoms with Crippen LogP contribution >= 0.6 is 11.3 Å². The molecule has 5 heteroatoms. The number of nitrogens with one attached hydrogen (secondary N) is 1. The molecule has 1 heterocycles. The van der Waals surface area contributed by atoms with E-state index in [1.807, 2.05) is 49.4 Å². The lowest BCUT2D eigenvalue weighted by atomic mass is 9.72. The van der Waals surface area contributed by atoms with E-state index in [9.17, 15) is 9.59 Å². The third kappa shape index (κ3) is 5.84. The number of anilines is 1. The van der Waals surface area contributed by atoms with Crippen molar-refractivity contribution in [2.75, 3.05) is 11.9 Å². The van der Waals surface area contributed by atoms with Crippen LogP contribution in [0.1, 0.15) is 76.4 Å². The maximum Gasteiger partial charge on any atom is 0.341 e. The van der Waals surface area contributed by atoms with Gasteiger partial charge in [-0.15, -0.1) is 11.3 Å². The van der Waals surface area contributed by atoms with Crippen molar-refractivity contribution in [1.82, 2.24) is 0 Å². The van der Waals surface area contributed by atoms with Crippen molar-refractivity contribution in [2.45, 2.75) is 59.8 Å². The highest BCUT2D eigenvalue weighted by atomic mass is 32.1. The van der Waals surface area contributed by atoms with Gasteiger partial charge in [-0.1, -0.05) is 69.3 Å². The topological polar surface area (TPSA) is 55.4 Å². The van der Waals surface area contributed by atoms with Gasteiger partial charge in [0.05, 0.1) is 12.2 Å². The summed E-state index contributed by atoms with van der Waals surface area (Å²) in [6.45, 7) is 8.95. The van der Waals surface area contributed by atoms with Gasteiger partial charge in [0, 0.05) is 10.4 Å². The maximum absolute atomic E-state index is 13.5. The minimum Gasteiger partial charge on any atom is -0.462 e. The van der Waals surface area contributed by atoms with Gasteiger partial charge in [0.1, 0.15) is 5.00 Å². The molecule has 184 valence electrons. The molecule has 1 amide bonds. The van der Waals surface area contributed by atoms with Gasteiger partial charge < -0.3 is 10.1 Å². The summed E-state index contributed by atoms with van der Waals surface area (Å²) in [7, 11) is 0. The number of esters is 1. The van der Waals surface area contributed by atoms with Crippen molar-refractivity contribution in [1.29, 1.82) is 0 Å². The molecule has 1 atom stereocenters. The summed E-state index contributed by atoms with van der Waals surface area (Å²) in [5.41, 5.74) is 4.70. The van der Waals surface area contributed by atoms with E-state index >= 15 is 0 Å². The molecule has 3 aromatic rings. The van der Waals surface area contributed by atoms with Crippen LogP contribution in [0, 0.1) is 11.3 Å². The lowest BCUT2D eigenvalue weighted by Crippen LogP contribution is -2.26. The van der Waals surface area contributed by atoms with E-state index in [-0.39, 0.29) is 17.3 Å². The first-order valence-corrected chi connectivity index (χ1v) is 13.3. The Balaban J connectivity index is 1.60. The number of amides is 1. The number of benzene rings is 2. The van der Waals surface area contributed by atoms with Gasteiger partial charge >= 0.3 is 5.97 Å². The first-order chi connectivity index (χ1) is 16.8. The molecule has 1 aliphatic rings. The standard InChI is InChI=1S/C30H35NO3S/c1-5-34-29(33)26-24-18-17-22(30(2,3)4)19-25(24)35-28(26)31-27(32)23-14-10-9-13-21(23)16-15-20-11-7-6-8-12-20/h6-14,22H,5,15-19H2,1-4H3,(H,31,32). The number of hydrogen-bond donors (Lipinski definition) is 1. The minimum atomic E-state index is -0.341. The second kappa shape index (κ2) is 10.8. The monoisotopic (exact) mass is 489 g/mol. The zero-order valence-electron chi connectivity index (χ0n) is 21.1. The molecule has 1 unspecified atom stereocenters. The lowest BCUT2D eigenvalue weighted by molar-refractivity contribution is 0.0526. The summed E-state index contributed by atoms with van der Waals surface area (Å²) in [6, 6.07) is 18.0. The minimum absolute atomic E-state index is 0.176. The first kappa shape index (κ1) is 25.2. The molecule has 1 N–H and O–H groups in total. The lowest BCUT2D eigenvalue weighted by Gasteiger charge is -2.33. The zero-order chi connectivity index (χ0) is 25.0. The van der Waals surface area contributed by atoms with Crippen molar-refractivity contribution in [3.63, 3.8) is 0 Å². The van der Waals surface area contributed by atoms with Crippen molar-refractivity contribution < 1.29 is 14.3 Å². The van der Waals surface area contributed by atoms with Gasteiger partial charge in [-0.3, -0.25) is 4.79 Å². The first-order valence-electron chi connectivity index (χ1n) is 12.5. The molecule has 0 saturated heterocycles. The quantitative estimate of drug-likeness (QED) is 0.360. The number of thiophene rings is 1. The number of carbonyl (C=O) groups is 2. The predicted octanol–water partition coefficient (Wildman–Crippen LogP) is 7.11. The Kier molecular flexibility index (Phi) is 7.75. The summed E-state index contributed by atoms with van der Waals surface area (Å²) in [5.74, 6) is 0.0306. The average Bonchev–Trinajstić information content (AvgIpc) is 3.20. The largest absolute Gasteiger partial charge is 0.462 e. The van der Waals surface area contributed by atoms with E-state index in [0.29, 0.717) is 28.7 Å². The average molecular weight is 490 g/mol. The third-order valence-corrected chi connectivity index (χ3v) is 8.15. The van der Waals surface area contributed by atoms with Gasteiger partial charge in [-0.25, -0.2) is 4.79 Å². The summed E-state index contributed by atoms with van der Waals surface area (Å²) in [4.78, 5) is 27.6. The van der Waals surface area contributed by atoms with Crippen LogP contribution in [0.2, 0.25) is 0 Å². The van der Waals surface area contributed by atoms with Crippen LogP contribution in [0.15, 0.2) is 54.6 Å². The predicted molar refractivity (Wildman–Crippen MR) is 143 cm³/mol. The van der Waals surface area contributed by atoms with E-state index in [4.69, 9.17) is 4.74 Å². The molecule has 0 fully saturated rings. The second-order valence-corrected chi connectivity index (χ2v) is 11.4. The maximum atomic E-state index is 13.5. The zero-order valence-corrected chi connectivity index (χ0v) is 22.0. The molecule has 1 aromatic heterocycles. The molecular formula is C30H35NO3S. The molecule has 0 aliphatic heterocycles. The Labute approximate surface area is 212 Å². The number of hydrogen-bond acceptors (Lipinski definition) is 4. The summed E-state index contributed by atoms with van der Waals surface area (Å²) < 4.78 is 5.40. The molecule has 35 heavy (non-hydrogen) atoms. The van der Waals surface area contributed by atoms with Crippen molar-refractivity contribution in [3.05, 3.63) is 87.3 Å². The number of carbonyl (C=O) groups excluding carboxylic acids is 2. The third-order valence-electron chi connectivity index (χ3n) is 6.98. The van der Waals surface area contributed by atoms with Crippen LogP contribution in [-0.4, -0.2) is 18.5 Å². The number of rotatable bonds is 7. The fourth-order valence-corrected chi connectivity index (χ4v) is 6.20. The van der Waals surface area contributed by atoms with Gasteiger partial charge in [0.15, 0.2) is 0 Å². The Morgan fingerprint density at radius 1 is 1.03 bits per heavy atom. The Morgan fingerprint density at radius 2 is 1.74 bits per heavy atom. The summed E-state index contributed by atoms with van der Waals surface area (Å²) >= 11 is 1.54. The van der Waals surface area contributed by atoms with Gasteiger partial charge in [0.25, 0.3) is 5.91 Å². The van der Waals surface area contributed by atoms with Gasteiger partial charge in [0.2, 0.25) is 0 Å². The fraction of sp³-hybridized carbons (Fsp3) is 0.400. The molecule has 0 bridgehead atoms. The molecule has 0 spiro atoms. The molecule has 2 aromatic carbocycles. The number of ether oxygens (including phenoxy) is 1. The molecule has 0 radical (unpaired) electrons. The van der Waals surface area contributed by atoms with Crippen LogP contribution in [0.3, 0.4) is 0 Å². The summed E-state index contributed by atoms with van der Waals surface area (Å²) in [6.07, 6.45) is 4.44. The van der Waals surface area contributed by atoms with E-state index in [1.54, 1.807) is 11.3 Å². The highest BCUT2D eigenvalue weighted by molar-refractivity contribution is 7.17. The molecule has 4 nitrogen and oxygen atoms in total. The highest BCUT2D eigenvalue weighted by Gasteiger charge is 2.34. The molecule has 4 rings (SSSR count). The molecular weight excluding hydrogens is 454 g/mol. The van der Waals surface area contributed by atoms with Crippen LogP contribution in [0.4, 0.5) is 5.00 Å². The van der Waals surface area contributed by atoms with Crippen LogP contribution in [0.5, 0.6) is 0 Å². The van der Waals surface area contributed by atoms with Crippen molar-refractivity contribution >= 4 is 28.2 Å². The smallest absolute Gasteiger partial charge is 0.341 e. The number of fused-ring (bicyclic) bond motifs is 1. The fourth-order valence-electron chi connectivity index (χ4n) is 4.89. The molecule has 0 saturated carbocycles. The number of aryl methyl sites for hydroxylation is 2. The van der Waals surface area contributed by atoms with Crippen LogP contribution in [-0.2, 0) is 30.4 Å². The second-order valence-electron chi connectivity index (χ2n) is 10.3. The van der Waals surface area contributed by atoms with Crippen LogP contribution in [0.25, 0.3) is 0 Å². The van der Waals surface area contributed by atoms with E-state index in [0.717, 1.165) is 43.2 Å². The SMILES string of the molecule is CCOC(=O)c1c(NC(=O)c2ccccc2CCc2ccccc2)sc2c1CCC(C(C)(C)C)C2. The van der Waals surface area contributed by atoms with Crippen molar-refractivity contribution in [3.8, 4) is 0 Å². The van der Waals surface area contributed by atoms with Gasteiger partial charge in [-0.2, -0.15) is 0 Å². The Bertz CT molecular complexity index is 1190. The van der Waals surface area contributed by atoms with E-state index in [1.165, 1.54) is 10.4 Å². The summed E-state index contributed by atoms with van der Waals surface area (Å²) in [5, 5.41) is 3.71.